The van der Waals surface area contributed by atoms with Crippen LogP contribution in [0.25, 0.3) is 105 Å². The highest BCUT2D eigenvalue weighted by Gasteiger charge is 2.25. The van der Waals surface area contributed by atoms with Gasteiger partial charge in [-0.15, -0.1) is 35.3 Å². The molecule has 14 nitrogen and oxygen atoms in total. The van der Waals surface area contributed by atoms with Crippen molar-refractivity contribution in [2.45, 2.75) is 42.4 Å². The molecular formula is C88H80BrN7O7S3. The number of methoxy groups -OCH3 is 5. The van der Waals surface area contributed by atoms with Gasteiger partial charge >= 0.3 is 0 Å². The van der Waals surface area contributed by atoms with Crippen LogP contribution in [0.2, 0.25) is 0 Å². The molecular weight excluding hydrogens is 1440 g/mol. The van der Waals surface area contributed by atoms with Gasteiger partial charge in [0.15, 0.2) is 0 Å². The summed E-state index contributed by atoms with van der Waals surface area (Å²) >= 11 is 9.02. The third-order valence-electron chi connectivity index (χ3n) is 18.5. The number of para-hydroxylation sites is 5. The van der Waals surface area contributed by atoms with E-state index in [2.05, 4.69) is 274 Å². The highest BCUT2D eigenvalue weighted by molar-refractivity contribution is 9.10. The molecule has 534 valence electrons. The van der Waals surface area contributed by atoms with Crippen molar-refractivity contribution in [1.29, 1.82) is 0 Å². The second-order valence-electron chi connectivity index (χ2n) is 24.6. The summed E-state index contributed by atoms with van der Waals surface area (Å²) in [6.45, 7) is 7.88. The molecule has 106 heavy (non-hydrogen) atoms. The van der Waals surface area contributed by atoms with Gasteiger partial charge in [-0.2, -0.15) is 0 Å². The largest absolute Gasteiger partial charge is 0.497 e. The number of hydrogen-bond donors (Lipinski definition) is 0. The first-order chi connectivity index (χ1) is 51.8. The fourth-order valence-corrected chi connectivity index (χ4v) is 16.5. The van der Waals surface area contributed by atoms with Gasteiger partial charge in [-0.3, -0.25) is 0 Å². The molecule has 10 aromatic carbocycles. The second-order valence-corrected chi connectivity index (χ2v) is 27.8. The number of ether oxygens (including phenoxy) is 5. The van der Waals surface area contributed by atoms with Gasteiger partial charge in [0, 0.05) is 77.1 Å². The van der Waals surface area contributed by atoms with Crippen LogP contribution in [-0.4, -0.2) is 87.5 Å². The van der Waals surface area contributed by atoms with Crippen LogP contribution in [0, 0.1) is 27.7 Å². The molecule has 0 saturated heterocycles. The quantitative estimate of drug-likeness (QED) is 0.0908. The molecule has 0 aliphatic rings. The molecule has 0 spiro atoms. The predicted molar refractivity (Wildman–Crippen MR) is 442 cm³/mol. The minimum Gasteiger partial charge on any atom is -0.497 e. The Morgan fingerprint density at radius 3 is 1.21 bits per heavy atom. The lowest BCUT2D eigenvalue weighted by molar-refractivity contribution is 0.393. The molecule has 0 N–H and O–H groups in total. The van der Waals surface area contributed by atoms with Gasteiger partial charge in [0.1, 0.15) is 44.9 Å². The Kier molecular flexibility index (Phi) is 23.0. The molecule has 17 aromatic rings. The summed E-state index contributed by atoms with van der Waals surface area (Å²) in [7, 11) is 8.41. The Hall–Kier alpha value is -11.2. The Bertz CT molecular complexity index is 5790. The van der Waals surface area contributed by atoms with Crippen LogP contribution in [0.1, 0.15) is 22.9 Å². The first-order valence-electron chi connectivity index (χ1n) is 34.2. The van der Waals surface area contributed by atoms with Gasteiger partial charge in [0.2, 0.25) is 0 Å². The average Bonchev–Trinajstić information content (AvgIpc) is 1.60. The number of aromatic nitrogens is 7. The molecule has 0 saturated carbocycles. The van der Waals surface area contributed by atoms with E-state index in [1.807, 2.05) is 88.4 Å². The highest BCUT2D eigenvalue weighted by atomic mass is 79.9. The first kappa shape index (κ1) is 73.2. The maximum Gasteiger partial charge on any atom is 0.143 e. The van der Waals surface area contributed by atoms with Crippen LogP contribution in [0.4, 0.5) is 0 Å². The van der Waals surface area contributed by atoms with Crippen molar-refractivity contribution in [1.82, 2.24) is 33.1 Å². The van der Waals surface area contributed by atoms with Crippen LogP contribution in [0.15, 0.2) is 296 Å². The number of thioether (sulfide) groups is 3. The zero-order valence-electron chi connectivity index (χ0n) is 61.0. The molecule has 0 aliphatic heterocycles. The van der Waals surface area contributed by atoms with Gasteiger partial charge in [-0.05, 0) is 232 Å². The summed E-state index contributed by atoms with van der Waals surface area (Å²) in [6.07, 6.45) is 10.6. The van der Waals surface area contributed by atoms with Gasteiger partial charge < -0.3 is 55.6 Å². The van der Waals surface area contributed by atoms with Gasteiger partial charge in [0.05, 0.1) is 97.0 Å². The molecule has 17 rings (SSSR count). The monoisotopic (exact) mass is 1520 g/mol. The summed E-state index contributed by atoms with van der Waals surface area (Å²) in [5.41, 5.74) is 17.6. The second kappa shape index (κ2) is 33.3. The molecule has 0 bridgehead atoms. The van der Waals surface area contributed by atoms with Crippen LogP contribution in [0.5, 0.6) is 28.7 Å². The maximum atomic E-state index is 5.48. The van der Waals surface area contributed by atoms with Crippen LogP contribution < -0.4 is 23.7 Å². The third-order valence-corrected chi connectivity index (χ3v) is 21.9. The van der Waals surface area contributed by atoms with Crippen molar-refractivity contribution in [3.63, 3.8) is 0 Å². The van der Waals surface area contributed by atoms with Crippen molar-refractivity contribution in [2.75, 3.05) is 54.3 Å². The van der Waals surface area contributed by atoms with E-state index in [1.165, 1.54) is 58.2 Å². The topological polar surface area (TPSA) is 123 Å². The van der Waals surface area contributed by atoms with Crippen molar-refractivity contribution < 1.29 is 32.7 Å². The van der Waals surface area contributed by atoms with Crippen LogP contribution in [0.3, 0.4) is 0 Å². The van der Waals surface area contributed by atoms with Crippen molar-refractivity contribution in [3.8, 4) is 79.7 Å². The number of fused-ring (bicyclic) bond motifs is 5. The highest BCUT2D eigenvalue weighted by Crippen LogP contribution is 2.45. The van der Waals surface area contributed by atoms with Crippen molar-refractivity contribution >= 4 is 106 Å². The minimum atomic E-state index is 0.824. The SMILES string of the molecule is COc1ccc(-n2c(-c3c(C)noc3C)c(SC)c3ccccc32)cc1.COc1ccc(-n2c(-c3c(C)noc3C)cc3ccccc32)cc1.COc1ccc(-n2c(Br)c(SC)c3ccccc32)cc1.COc1ccc(-n2cc(SC)c3ccccc32)cc1.COc1ccc(-n2ccc3ccccc32)cc1. The van der Waals surface area contributed by atoms with Gasteiger partial charge in [-0.25, -0.2) is 0 Å². The first-order valence-corrected chi connectivity index (χ1v) is 38.7. The molecule has 0 atom stereocenters. The molecule has 0 aliphatic carbocycles. The lowest BCUT2D eigenvalue weighted by Gasteiger charge is -2.12. The number of hydrogen-bond acceptors (Lipinski definition) is 12. The smallest absolute Gasteiger partial charge is 0.143 e. The summed E-state index contributed by atoms with van der Waals surface area (Å²) < 4.78 is 49.3. The van der Waals surface area contributed by atoms with Gasteiger partial charge in [0.25, 0.3) is 0 Å². The third kappa shape index (κ3) is 15.0. The van der Waals surface area contributed by atoms with Crippen LogP contribution in [-0.2, 0) is 0 Å². The Labute approximate surface area is 638 Å². The maximum absolute atomic E-state index is 5.48. The minimum absolute atomic E-state index is 0.824. The predicted octanol–water partition coefficient (Wildman–Crippen LogP) is 23.7. The van der Waals surface area contributed by atoms with E-state index >= 15 is 0 Å². The molecule has 0 amide bonds. The van der Waals surface area contributed by atoms with Crippen molar-refractivity contribution in [3.05, 3.63) is 295 Å². The Balaban J connectivity index is 0.000000118. The normalized spacial score (nSPS) is 11.0. The summed E-state index contributed by atoms with van der Waals surface area (Å²) in [5.74, 6) is 5.96. The molecule has 7 aromatic heterocycles. The summed E-state index contributed by atoms with van der Waals surface area (Å²) in [4.78, 5) is 3.79. The average molecular weight is 1520 g/mol. The molecule has 0 fully saturated rings. The van der Waals surface area contributed by atoms with E-state index in [9.17, 15) is 0 Å². The molecule has 7 heterocycles. The number of aryl methyl sites for hydroxylation is 4. The van der Waals surface area contributed by atoms with E-state index in [0.717, 1.165) is 118 Å². The number of nitrogens with zero attached hydrogens (tertiary/aromatic N) is 7. The molecule has 0 radical (unpaired) electrons. The van der Waals surface area contributed by atoms with E-state index in [0.29, 0.717) is 0 Å². The van der Waals surface area contributed by atoms with E-state index in [-0.39, 0.29) is 0 Å². The fraction of sp³-hybridized carbons (Fsp3) is 0.136. The lowest BCUT2D eigenvalue weighted by atomic mass is 10.1. The van der Waals surface area contributed by atoms with Crippen LogP contribution >= 0.6 is 51.2 Å². The number of rotatable bonds is 15. The number of halogens is 1. The zero-order valence-corrected chi connectivity index (χ0v) is 65.0. The van der Waals surface area contributed by atoms with Crippen molar-refractivity contribution in [2.24, 2.45) is 0 Å². The van der Waals surface area contributed by atoms with E-state index in [4.69, 9.17) is 32.7 Å². The van der Waals surface area contributed by atoms with E-state index in [1.54, 1.807) is 70.8 Å². The summed E-state index contributed by atoms with van der Waals surface area (Å²) in [5, 5.41) is 14.5. The molecule has 0 unspecified atom stereocenters. The molecule has 18 heteroatoms. The number of benzene rings is 10. The Morgan fingerprint density at radius 2 is 0.736 bits per heavy atom. The zero-order chi connectivity index (χ0) is 74.0. The van der Waals surface area contributed by atoms with Gasteiger partial charge in [-0.1, -0.05) is 101 Å². The Morgan fingerprint density at radius 1 is 0.349 bits per heavy atom. The lowest BCUT2D eigenvalue weighted by Crippen LogP contribution is -1.98. The summed E-state index contributed by atoms with van der Waals surface area (Å²) in [6, 6.07) is 86.9. The van der Waals surface area contributed by atoms with E-state index < -0.39 is 0 Å². The standard InChI is InChI=1S/C21H20N2O2S.C20H18N2O2.C16H14BrNOS.C16H15NOS.C15H13NO/c1-13-19(14(2)25-22-13)20-21(26-4)17-7-5-6-8-18(17)23(20)15-9-11-16(24-3)12-10-15;1-13-20(14(2)24-21-13)19-12-15-6-4-5-7-18(15)22(19)16-8-10-17(23-3)11-9-16;1-19-12-9-7-11(8-10-12)18-14-6-4-3-5-13(14)15(20-2)16(18)17;1-18-13-9-7-12(8-10-13)17-11-16(19-2)14-5-3-4-6-15(14)17;1-17-14-8-6-13(7-9-14)16-11-10-12-4-2-3-5-15(12)16/h5-12H,1-4H3;4-12H,1-3H3;3-10H,1-2H3;3-11H,1-2H3;2-11H,1H3. The fourth-order valence-electron chi connectivity index (χ4n) is 13.3.